The number of nitro groups is 1. The lowest BCUT2D eigenvalue weighted by molar-refractivity contribution is -0.383. The van der Waals surface area contributed by atoms with Crippen LogP contribution < -0.4 is 10.1 Å². The van der Waals surface area contributed by atoms with Gasteiger partial charge in [-0.05, 0) is 42.3 Å². The molecule has 0 bridgehead atoms. The number of anilines is 1. The Hall–Kier alpha value is -3.13. The van der Waals surface area contributed by atoms with E-state index in [-0.39, 0.29) is 22.0 Å². The van der Waals surface area contributed by atoms with Gasteiger partial charge < -0.3 is 14.8 Å². The number of nitrogens with one attached hydrogen (secondary N) is 1. The van der Waals surface area contributed by atoms with Gasteiger partial charge in [0.25, 0.3) is 11.6 Å². The van der Waals surface area contributed by atoms with Crippen molar-refractivity contribution in [2.24, 2.45) is 5.92 Å². The first-order valence-corrected chi connectivity index (χ1v) is 8.78. The molecule has 0 heterocycles. The Morgan fingerprint density at radius 3 is 2.46 bits per heavy atom. The Morgan fingerprint density at radius 2 is 1.86 bits per heavy atom. The van der Waals surface area contributed by atoms with Gasteiger partial charge in [0, 0.05) is 11.1 Å². The zero-order valence-corrected chi connectivity index (χ0v) is 16.1. The molecule has 8 nitrogen and oxygen atoms in total. The lowest BCUT2D eigenvalue weighted by Crippen LogP contribution is -2.21. The normalized spacial score (nSPS) is 10.4. The van der Waals surface area contributed by atoms with Gasteiger partial charge in [0.1, 0.15) is 11.4 Å². The first-order chi connectivity index (χ1) is 13.3. The third kappa shape index (κ3) is 6.24. The molecule has 0 aliphatic heterocycles. The molecule has 1 N–H and O–H groups in total. The minimum absolute atomic E-state index is 0.0785. The zero-order chi connectivity index (χ0) is 20.7. The smallest absolute Gasteiger partial charge is 0.338 e. The molecule has 28 heavy (non-hydrogen) atoms. The fraction of sp³-hybridized carbons (Fsp3) is 0.263. The van der Waals surface area contributed by atoms with Crippen LogP contribution in [0.1, 0.15) is 24.2 Å². The highest BCUT2D eigenvalue weighted by atomic mass is 35.5. The number of nitro benzene ring substituents is 1. The van der Waals surface area contributed by atoms with Crippen LogP contribution in [-0.2, 0) is 9.53 Å². The maximum atomic E-state index is 12.0. The third-order valence-electron chi connectivity index (χ3n) is 3.44. The highest BCUT2D eigenvalue weighted by Gasteiger charge is 2.17. The van der Waals surface area contributed by atoms with Crippen molar-refractivity contribution in [1.29, 1.82) is 0 Å². The van der Waals surface area contributed by atoms with Crippen LogP contribution in [0.25, 0.3) is 0 Å². The molecular weight excluding hydrogens is 388 g/mol. The second-order valence-corrected chi connectivity index (χ2v) is 6.71. The van der Waals surface area contributed by atoms with E-state index in [1.165, 1.54) is 30.3 Å². The Bertz CT molecular complexity index is 867. The van der Waals surface area contributed by atoms with E-state index in [2.05, 4.69) is 5.32 Å². The van der Waals surface area contributed by atoms with Crippen LogP contribution in [-0.4, -0.2) is 30.0 Å². The molecule has 0 unspecified atom stereocenters. The van der Waals surface area contributed by atoms with Gasteiger partial charge in [-0.25, -0.2) is 4.79 Å². The maximum absolute atomic E-state index is 12.0. The summed E-state index contributed by atoms with van der Waals surface area (Å²) in [5, 5.41) is 13.5. The molecule has 0 aliphatic carbocycles. The van der Waals surface area contributed by atoms with Gasteiger partial charge in [-0.2, -0.15) is 0 Å². The first kappa shape index (κ1) is 21.2. The molecule has 0 aliphatic rings. The standard InChI is InChI=1S/C19H19ClN2O6/c1-12(2)10-27-15-6-3-13(4-7-15)19(24)28-11-18(23)21-16-9-14(20)5-8-17(16)22(25)26/h3-9,12H,10-11H2,1-2H3,(H,21,23). The molecule has 0 fully saturated rings. The number of esters is 1. The number of ether oxygens (including phenoxy) is 2. The number of hydrogen-bond donors (Lipinski definition) is 1. The van der Waals surface area contributed by atoms with Crippen molar-refractivity contribution in [1.82, 2.24) is 0 Å². The summed E-state index contributed by atoms with van der Waals surface area (Å²) in [7, 11) is 0. The summed E-state index contributed by atoms with van der Waals surface area (Å²) in [6.07, 6.45) is 0. The highest BCUT2D eigenvalue weighted by molar-refractivity contribution is 6.31. The van der Waals surface area contributed by atoms with Crippen LogP contribution in [0.2, 0.25) is 5.02 Å². The molecule has 0 radical (unpaired) electrons. The summed E-state index contributed by atoms with van der Waals surface area (Å²) in [6, 6.07) is 10.1. The SMILES string of the molecule is CC(C)COc1ccc(C(=O)OCC(=O)Nc2cc(Cl)ccc2[N+](=O)[O-])cc1. The second kappa shape index (κ2) is 9.70. The Morgan fingerprint density at radius 1 is 1.18 bits per heavy atom. The van der Waals surface area contributed by atoms with Crippen molar-refractivity contribution in [3.05, 3.63) is 63.2 Å². The van der Waals surface area contributed by atoms with Gasteiger partial charge in [0.05, 0.1) is 17.1 Å². The molecular formula is C19H19ClN2O6. The molecule has 0 spiro atoms. The van der Waals surface area contributed by atoms with Gasteiger partial charge >= 0.3 is 5.97 Å². The summed E-state index contributed by atoms with van der Waals surface area (Å²) >= 11 is 5.80. The molecule has 0 atom stereocenters. The third-order valence-corrected chi connectivity index (χ3v) is 3.67. The average Bonchev–Trinajstić information content (AvgIpc) is 2.64. The molecule has 0 saturated heterocycles. The lowest BCUT2D eigenvalue weighted by atomic mass is 10.2. The number of amides is 1. The van der Waals surface area contributed by atoms with Gasteiger partial charge in [0.2, 0.25) is 0 Å². The van der Waals surface area contributed by atoms with Gasteiger partial charge in [-0.15, -0.1) is 0 Å². The van der Waals surface area contributed by atoms with E-state index >= 15 is 0 Å². The number of carbonyl (C=O) groups is 2. The van der Waals surface area contributed by atoms with Crippen LogP contribution in [0.4, 0.5) is 11.4 Å². The van der Waals surface area contributed by atoms with E-state index in [0.717, 1.165) is 0 Å². The minimum atomic E-state index is -0.726. The van der Waals surface area contributed by atoms with Crippen molar-refractivity contribution in [3.8, 4) is 5.75 Å². The number of benzene rings is 2. The predicted molar refractivity (Wildman–Crippen MR) is 104 cm³/mol. The average molecular weight is 407 g/mol. The van der Waals surface area contributed by atoms with Crippen molar-refractivity contribution in [2.45, 2.75) is 13.8 Å². The Labute approximate surface area is 166 Å². The van der Waals surface area contributed by atoms with Crippen molar-refractivity contribution in [2.75, 3.05) is 18.5 Å². The predicted octanol–water partition coefficient (Wildman–Crippen LogP) is 4.08. The van der Waals surface area contributed by atoms with Gasteiger partial charge in [-0.1, -0.05) is 25.4 Å². The number of hydrogen-bond acceptors (Lipinski definition) is 6. The molecule has 9 heteroatoms. The molecule has 148 valence electrons. The Balaban J connectivity index is 1.91. The van der Waals surface area contributed by atoms with Gasteiger partial charge in [0.15, 0.2) is 6.61 Å². The molecule has 1 amide bonds. The number of carbonyl (C=O) groups excluding carboxylic acids is 2. The van der Waals surface area contributed by atoms with Gasteiger partial charge in [-0.3, -0.25) is 14.9 Å². The molecule has 2 rings (SSSR count). The van der Waals surface area contributed by atoms with E-state index in [4.69, 9.17) is 21.1 Å². The maximum Gasteiger partial charge on any atom is 0.338 e. The summed E-state index contributed by atoms with van der Waals surface area (Å²) < 4.78 is 10.5. The van der Waals surface area contributed by atoms with Crippen molar-refractivity contribution >= 4 is 34.9 Å². The van der Waals surface area contributed by atoms with E-state index in [1.54, 1.807) is 12.1 Å². The zero-order valence-electron chi connectivity index (χ0n) is 15.3. The van der Waals surface area contributed by atoms with Crippen LogP contribution in [0.5, 0.6) is 5.75 Å². The van der Waals surface area contributed by atoms with Crippen LogP contribution in [0.15, 0.2) is 42.5 Å². The number of halogens is 1. The van der Waals surface area contributed by atoms with Crippen LogP contribution in [0.3, 0.4) is 0 Å². The fourth-order valence-corrected chi connectivity index (χ4v) is 2.29. The topological polar surface area (TPSA) is 108 Å². The summed E-state index contributed by atoms with van der Waals surface area (Å²) in [6.45, 7) is 4.00. The van der Waals surface area contributed by atoms with Crippen LogP contribution >= 0.6 is 11.6 Å². The van der Waals surface area contributed by atoms with E-state index < -0.39 is 23.4 Å². The fourth-order valence-electron chi connectivity index (χ4n) is 2.12. The highest BCUT2D eigenvalue weighted by Crippen LogP contribution is 2.27. The quantitative estimate of drug-likeness (QED) is 0.402. The summed E-state index contributed by atoms with van der Waals surface area (Å²) in [5.74, 6) is -0.434. The van der Waals surface area contributed by atoms with E-state index in [1.807, 2.05) is 13.8 Å². The van der Waals surface area contributed by atoms with Crippen molar-refractivity contribution in [3.63, 3.8) is 0 Å². The number of rotatable bonds is 8. The first-order valence-electron chi connectivity index (χ1n) is 8.40. The summed E-state index contributed by atoms with van der Waals surface area (Å²) in [4.78, 5) is 34.3. The van der Waals surface area contributed by atoms with E-state index in [9.17, 15) is 19.7 Å². The van der Waals surface area contributed by atoms with Crippen LogP contribution in [0, 0.1) is 16.0 Å². The molecule has 0 saturated carbocycles. The largest absolute Gasteiger partial charge is 0.493 e. The summed E-state index contributed by atoms with van der Waals surface area (Å²) in [5.41, 5.74) is -0.148. The Kier molecular flexibility index (Phi) is 7.34. The monoisotopic (exact) mass is 406 g/mol. The lowest BCUT2D eigenvalue weighted by Gasteiger charge is -2.09. The second-order valence-electron chi connectivity index (χ2n) is 6.27. The van der Waals surface area contributed by atoms with Crippen molar-refractivity contribution < 1.29 is 24.0 Å². The minimum Gasteiger partial charge on any atom is -0.493 e. The molecule has 2 aromatic rings. The number of nitrogens with zero attached hydrogens (tertiary/aromatic N) is 1. The molecule has 2 aromatic carbocycles. The molecule has 0 aromatic heterocycles. The van der Waals surface area contributed by atoms with E-state index in [0.29, 0.717) is 18.3 Å².